The van der Waals surface area contributed by atoms with Crippen molar-refractivity contribution in [2.45, 2.75) is 20.4 Å². The lowest BCUT2D eigenvalue weighted by Gasteiger charge is -2.08. The van der Waals surface area contributed by atoms with Gasteiger partial charge in [-0.25, -0.2) is 0 Å². The third-order valence-corrected chi connectivity index (χ3v) is 2.14. The minimum Gasteiger partial charge on any atom is -0.491 e. The van der Waals surface area contributed by atoms with Gasteiger partial charge in [-0.05, 0) is 24.6 Å². The van der Waals surface area contributed by atoms with Gasteiger partial charge in [0.05, 0.1) is 6.61 Å². The molecule has 0 aromatic heterocycles. The van der Waals surface area contributed by atoms with Crippen molar-refractivity contribution >= 4 is 5.91 Å². The van der Waals surface area contributed by atoms with Crippen LogP contribution in [0.4, 0.5) is 0 Å². The molecule has 0 bridgehead atoms. The van der Waals surface area contributed by atoms with Crippen molar-refractivity contribution in [2.75, 3.05) is 19.8 Å². The molecule has 1 rings (SSSR count). The van der Waals surface area contributed by atoms with Crippen LogP contribution in [0, 0.1) is 0 Å². The van der Waals surface area contributed by atoms with E-state index in [0.29, 0.717) is 26.4 Å². The van der Waals surface area contributed by atoms with Gasteiger partial charge in [0.25, 0.3) is 0 Å². The number of carbonyl (C=O) groups excluding carboxylic acids is 1. The molecule has 0 atom stereocenters. The maximum Gasteiger partial charge on any atom is 0.217 e. The number of hydrogen-bond acceptors (Lipinski definition) is 3. The highest BCUT2D eigenvalue weighted by Gasteiger charge is 1.98. The van der Waals surface area contributed by atoms with Gasteiger partial charge in [0.15, 0.2) is 0 Å². The second-order valence-corrected chi connectivity index (χ2v) is 3.60. The van der Waals surface area contributed by atoms with E-state index in [-0.39, 0.29) is 5.91 Å². The number of ether oxygens (including phenoxy) is 2. The van der Waals surface area contributed by atoms with Crippen LogP contribution >= 0.6 is 0 Å². The molecule has 0 aliphatic carbocycles. The van der Waals surface area contributed by atoms with E-state index in [1.165, 1.54) is 6.92 Å². The molecule has 4 heteroatoms. The molecule has 0 saturated carbocycles. The lowest BCUT2D eigenvalue weighted by atomic mass is 10.2. The topological polar surface area (TPSA) is 47.6 Å². The molecule has 0 fully saturated rings. The van der Waals surface area contributed by atoms with Crippen molar-refractivity contribution in [3.8, 4) is 5.75 Å². The minimum absolute atomic E-state index is 0.0346. The summed E-state index contributed by atoms with van der Waals surface area (Å²) in [5, 5.41) is 2.75. The third kappa shape index (κ3) is 5.92. The summed E-state index contributed by atoms with van der Waals surface area (Å²) in [6, 6.07) is 7.67. The van der Waals surface area contributed by atoms with Gasteiger partial charge in [-0.2, -0.15) is 0 Å². The van der Waals surface area contributed by atoms with E-state index in [0.717, 1.165) is 11.3 Å². The van der Waals surface area contributed by atoms with Gasteiger partial charge in [0.2, 0.25) is 5.91 Å². The summed E-state index contributed by atoms with van der Waals surface area (Å²) in [6.07, 6.45) is 0. The third-order valence-electron chi connectivity index (χ3n) is 2.14. The zero-order valence-corrected chi connectivity index (χ0v) is 10.4. The first-order valence-corrected chi connectivity index (χ1v) is 5.76. The Morgan fingerprint density at radius 3 is 2.88 bits per heavy atom. The highest BCUT2D eigenvalue weighted by atomic mass is 16.5. The fourth-order valence-corrected chi connectivity index (χ4v) is 1.33. The van der Waals surface area contributed by atoms with E-state index < -0.39 is 0 Å². The van der Waals surface area contributed by atoms with Crippen molar-refractivity contribution in [1.82, 2.24) is 5.32 Å². The summed E-state index contributed by atoms with van der Waals surface area (Å²) < 4.78 is 10.7. The molecule has 0 heterocycles. The van der Waals surface area contributed by atoms with Gasteiger partial charge in [0.1, 0.15) is 12.4 Å². The summed E-state index contributed by atoms with van der Waals surface area (Å²) in [5.74, 6) is 0.764. The molecule has 1 amide bonds. The predicted molar refractivity (Wildman–Crippen MR) is 66.0 cm³/mol. The summed E-state index contributed by atoms with van der Waals surface area (Å²) in [7, 11) is 0. The molecule has 0 spiro atoms. The van der Waals surface area contributed by atoms with E-state index in [9.17, 15) is 4.79 Å². The van der Waals surface area contributed by atoms with E-state index in [4.69, 9.17) is 9.47 Å². The van der Waals surface area contributed by atoms with Crippen molar-refractivity contribution in [1.29, 1.82) is 0 Å². The van der Waals surface area contributed by atoms with E-state index in [2.05, 4.69) is 5.32 Å². The molecule has 1 aromatic rings. The lowest BCUT2D eigenvalue weighted by Crippen LogP contribution is -2.18. The summed E-state index contributed by atoms with van der Waals surface area (Å²) >= 11 is 0. The fraction of sp³-hybridized carbons (Fsp3) is 0.462. The molecule has 4 nitrogen and oxygen atoms in total. The number of amides is 1. The number of benzene rings is 1. The van der Waals surface area contributed by atoms with E-state index in [1.54, 1.807) is 0 Å². The Hall–Kier alpha value is -1.55. The summed E-state index contributed by atoms with van der Waals surface area (Å²) in [5.41, 5.74) is 1.02. The SMILES string of the molecule is CCOCCOc1cccc(CNC(C)=O)c1. The monoisotopic (exact) mass is 237 g/mol. The molecular formula is C13H19NO3. The van der Waals surface area contributed by atoms with Crippen LogP contribution in [-0.4, -0.2) is 25.7 Å². The molecule has 94 valence electrons. The fourth-order valence-electron chi connectivity index (χ4n) is 1.33. The van der Waals surface area contributed by atoms with Crippen molar-refractivity contribution in [3.63, 3.8) is 0 Å². The average molecular weight is 237 g/mol. The molecule has 0 aliphatic heterocycles. The molecule has 17 heavy (non-hydrogen) atoms. The Bertz CT molecular complexity index is 352. The molecule has 1 N–H and O–H groups in total. The second-order valence-electron chi connectivity index (χ2n) is 3.60. The molecule has 0 unspecified atom stereocenters. The first kappa shape index (κ1) is 13.5. The smallest absolute Gasteiger partial charge is 0.217 e. The Balaban J connectivity index is 2.39. The van der Waals surface area contributed by atoms with Crippen LogP contribution in [0.25, 0.3) is 0 Å². The highest BCUT2D eigenvalue weighted by Crippen LogP contribution is 2.13. The highest BCUT2D eigenvalue weighted by molar-refractivity contribution is 5.72. The van der Waals surface area contributed by atoms with Gasteiger partial charge < -0.3 is 14.8 Å². The van der Waals surface area contributed by atoms with E-state index >= 15 is 0 Å². The van der Waals surface area contributed by atoms with Crippen LogP contribution in [-0.2, 0) is 16.1 Å². The Kier molecular flexibility index (Phi) is 6.10. The van der Waals surface area contributed by atoms with Crippen LogP contribution in [0.15, 0.2) is 24.3 Å². The average Bonchev–Trinajstić information content (AvgIpc) is 2.33. The summed E-state index contributed by atoms with van der Waals surface area (Å²) in [6.45, 7) is 5.81. The van der Waals surface area contributed by atoms with Crippen LogP contribution in [0.1, 0.15) is 19.4 Å². The first-order chi connectivity index (χ1) is 8.22. The Morgan fingerprint density at radius 1 is 1.35 bits per heavy atom. The van der Waals surface area contributed by atoms with Crippen molar-refractivity contribution in [2.24, 2.45) is 0 Å². The molecule has 0 saturated heterocycles. The number of carbonyl (C=O) groups is 1. The first-order valence-electron chi connectivity index (χ1n) is 5.76. The van der Waals surface area contributed by atoms with Crippen molar-refractivity contribution in [3.05, 3.63) is 29.8 Å². The maximum absolute atomic E-state index is 10.8. The quantitative estimate of drug-likeness (QED) is 0.735. The number of rotatable bonds is 7. The normalized spacial score (nSPS) is 10.0. The molecular weight excluding hydrogens is 218 g/mol. The largest absolute Gasteiger partial charge is 0.491 e. The standard InChI is InChI=1S/C13H19NO3/c1-3-16-7-8-17-13-6-4-5-12(9-13)10-14-11(2)15/h4-6,9H,3,7-8,10H2,1-2H3,(H,14,15). The van der Waals surface area contributed by atoms with Crippen LogP contribution in [0.5, 0.6) is 5.75 Å². The second kappa shape index (κ2) is 7.68. The zero-order chi connectivity index (χ0) is 12.5. The van der Waals surface area contributed by atoms with Gasteiger partial charge in [0, 0.05) is 20.1 Å². The summed E-state index contributed by atoms with van der Waals surface area (Å²) in [4.78, 5) is 10.8. The molecule has 1 aromatic carbocycles. The Labute approximate surface area is 102 Å². The van der Waals surface area contributed by atoms with Gasteiger partial charge >= 0.3 is 0 Å². The predicted octanol–water partition coefficient (Wildman–Crippen LogP) is 1.74. The van der Waals surface area contributed by atoms with Crippen molar-refractivity contribution < 1.29 is 14.3 Å². The zero-order valence-electron chi connectivity index (χ0n) is 10.4. The maximum atomic E-state index is 10.8. The number of nitrogens with one attached hydrogen (secondary N) is 1. The van der Waals surface area contributed by atoms with Crippen LogP contribution in [0.2, 0.25) is 0 Å². The van der Waals surface area contributed by atoms with Gasteiger partial charge in [-0.3, -0.25) is 4.79 Å². The minimum atomic E-state index is -0.0346. The van der Waals surface area contributed by atoms with Crippen LogP contribution < -0.4 is 10.1 Å². The van der Waals surface area contributed by atoms with Gasteiger partial charge in [-0.1, -0.05) is 12.1 Å². The number of hydrogen-bond donors (Lipinski definition) is 1. The Morgan fingerprint density at radius 2 is 2.18 bits per heavy atom. The lowest BCUT2D eigenvalue weighted by molar-refractivity contribution is -0.119. The van der Waals surface area contributed by atoms with Crippen LogP contribution in [0.3, 0.4) is 0 Å². The van der Waals surface area contributed by atoms with Gasteiger partial charge in [-0.15, -0.1) is 0 Å². The van der Waals surface area contributed by atoms with E-state index in [1.807, 2.05) is 31.2 Å². The molecule has 0 radical (unpaired) electrons. The molecule has 0 aliphatic rings.